The molecule has 0 bridgehead atoms. The van der Waals surface area contributed by atoms with Crippen LogP contribution in [0.3, 0.4) is 0 Å². The summed E-state index contributed by atoms with van der Waals surface area (Å²) in [6.07, 6.45) is 1.34. The van der Waals surface area contributed by atoms with Gasteiger partial charge in [-0.05, 0) is 25.5 Å². The summed E-state index contributed by atoms with van der Waals surface area (Å²) in [6, 6.07) is -0.393. The second-order valence-corrected chi connectivity index (χ2v) is 6.01. The average Bonchev–Trinajstić information content (AvgIpc) is 2.36. The van der Waals surface area contributed by atoms with Crippen LogP contribution in [-0.4, -0.2) is 46.3 Å². The zero-order valence-corrected chi connectivity index (χ0v) is 12.6. The fourth-order valence-corrected chi connectivity index (χ4v) is 3.14. The summed E-state index contributed by atoms with van der Waals surface area (Å²) in [7, 11) is 0. The Bertz CT molecular complexity index is 316. The number of carbonyl (C=O) groups is 2. The van der Waals surface area contributed by atoms with E-state index in [9.17, 15) is 9.59 Å². The first kappa shape index (κ1) is 15.3. The first-order valence-corrected chi connectivity index (χ1v) is 7.89. The van der Waals surface area contributed by atoms with Gasteiger partial charge in [0.25, 0.3) is 0 Å². The van der Waals surface area contributed by atoms with E-state index in [1.165, 1.54) is 0 Å². The van der Waals surface area contributed by atoms with E-state index in [-0.39, 0.29) is 11.8 Å². The van der Waals surface area contributed by atoms with Crippen LogP contribution >= 0.6 is 11.8 Å². The summed E-state index contributed by atoms with van der Waals surface area (Å²) in [6.45, 7) is 8.48. The van der Waals surface area contributed by atoms with E-state index < -0.39 is 11.6 Å². The summed E-state index contributed by atoms with van der Waals surface area (Å²) in [5.74, 6) is 1.98. The molecule has 4 nitrogen and oxygen atoms in total. The zero-order valence-electron chi connectivity index (χ0n) is 11.8. The van der Waals surface area contributed by atoms with E-state index in [2.05, 4.69) is 12.2 Å². The van der Waals surface area contributed by atoms with Gasteiger partial charge in [0.1, 0.15) is 11.6 Å². The van der Waals surface area contributed by atoms with Gasteiger partial charge in [-0.25, -0.2) is 0 Å². The van der Waals surface area contributed by atoms with Crippen LogP contribution in [-0.2, 0) is 9.59 Å². The molecule has 1 N–H and O–H groups in total. The Hall–Kier alpha value is -0.710. The van der Waals surface area contributed by atoms with Gasteiger partial charge in [-0.3, -0.25) is 9.59 Å². The molecule has 5 heteroatoms. The van der Waals surface area contributed by atoms with Crippen LogP contribution in [0.15, 0.2) is 0 Å². The van der Waals surface area contributed by atoms with Crippen LogP contribution in [0.25, 0.3) is 0 Å². The largest absolute Gasteiger partial charge is 0.343 e. The molecule has 1 aliphatic heterocycles. The first-order chi connectivity index (χ1) is 8.53. The van der Waals surface area contributed by atoms with E-state index in [0.29, 0.717) is 19.4 Å². The van der Waals surface area contributed by atoms with Gasteiger partial charge in [0.15, 0.2) is 0 Å². The molecule has 1 atom stereocenters. The number of hydrogen-bond acceptors (Lipinski definition) is 3. The van der Waals surface area contributed by atoms with E-state index in [1.807, 2.05) is 13.8 Å². The minimum absolute atomic E-state index is 0.00102. The molecule has 18 heavy (non-hydrogen) atoms. The van der Waals surface area contributed by atoms with Gasteiger partial charge in [-0.15, -0.1) is 0 Å². The van der Waals surface area contributed by atoms with Gasteiger partial charge in [0, 0.05) is 12.3 Å². The van der Waals surface area contributed by atoms with Gasteiger partial charge < -0.3 is 10.2 Å². The van der Waals surface area contributed by atoms with Crippen LogP contribution in [0, 0.1) is 0 Å². The molecule has 1 saturated heterocycles. The molecule has 104 valence electrons. The Morgan fingerprint density at radius 1 is 1.28 bits per heavy atom. The number of nitrogens with zero attached hydrogens (tertiary/aromatic N) is 1. The summed E-state index contributed by atoms with van der Waals surface area (Å²) in [4.78, 5) is 26.4. The van der Waals surface area contributed by atoms with Crippen molar-refractivity contribution in [2.24, 2.45) is 0 Å². The average molecular weight is 272 g/mol. The van der Waals surface area contributed by atoms with Crippen molar-refractivity contribution in [1.82, 2.24) is 10.2 Å². The van der Waals surface area contributed by atoms with Crippen molar-refractivity contribution >= 4 is 23.6 Å². The fraction of sp³-hybridized carbons (Fsp3) is 0.846. The highest BCUT2D eigenvalue weighted by molar-refractivity contribution is 7.99. The van der Waals surface area contributed by atoms with Crippen LogP contribution < -0.4 is 5.32 Å². The fourth-order valence-electron chi connectivity index (χ4n) is 2.54. The minimum Gasteiger partial charge on any atom is -0.343 e. The number of piperazine rings is 1. The van der Waals surface area contributed by atoms with Gasteiger partial charge in [0.05, 0.1) is 0 Å². The lowest BCUT2D eigenvalue weighted by Crippen LogP contribution is -2.70. The monoisotopic (exact) mass is 272 g/mol. The highest BCUT2D eigenvalue weighted by atomic mass is 32.2. The van der Waals surface area contributed by atoms with Crippen molar-refractivity contribution in [3.63, 3.8) is 0 Å². The molecular formula is C13H24N2O2S. The summed E-state index contributed by atoms with van der Waals surface area (Å²) in [5, 5.41) is 2.81. The summed E-state index contributed by atoms with van der Waals surface area (Å²) >= 11 is 1.80. The van der Waals surface area contributed by atoms with Gasteiger partial charge in [-0.2, -0.15) is 11.8 Å². The predicted molar refractivity (Wildman–Crippen MR) is 75.6 cm³/mol. The highest BCUT2D eigenvalue weighted by Crippen LogP contribution is 2.29. The Balaban J connectivity index is 2.93. The van der Waals surface area contributed by atoms with E-state index in [1.54, 1.807) is 23.6 Å². The van der Waals surface area contributed by atoms with Crippen molar-refractivity contribution in [3.8, 4) is 0 Å². The molecule has 0 aromatic rings. The topological polar surface area (TPSA) is 49.4 Å². The Kier molecular flexibility index (Phi) is 5.50. The van der Waals surface area contributed by atoms with Crippen LogP contribution in [0.4, 0.5) is 0 Å². The van der Waals surface area contributed by atoms with Crippen molar-refractivity contribution in [2.45, 2.75) is 52.1 Å². The van der Waals surface area contributed by atoms with Crippen LogP contribution in [0.2, 0.25) is 0 Å². The van der Waals surface area contributed by atoms with Crippen molar-refractivity contribution < 1.29 is 9.59 Å². The first-order valence-electron chi connectivity index (χ1n) is 6.73. The third-order valence-corrected chi connectivity index (χ3v) is 4.64. The van der Waals surface area contributed by atoms with Crippen LogP contribution in [0.5, 0.6) is 0 Å². The molecule has 0 spiro atoms. The van der Waals surface area contributed by atoms with Gasteiger partial charge in [0.2, 0.25) is 11.8 Å². The maximum absolute atomic E-state index is 12.3. The molecule has 1 fully saturated rings. The lowest BCUT2D eigenvalue weighted by Gasteiger charge is -2.47. The molecular weight excluding hydrogens is 248 g/mol. The Morgan fingerprint density at radius 3 is 2.39 bits per heavy atom. The maximum Gasteiger partial charge on any atom is 0.246 e. The Morgan fingerprint density at radius 2 is 1.89 bits per heavy atom. The van der Waals surface area contributed by atoms with Gasteiger partial charge in [-0.1, -0.05) is 20.8 Å². The number of rotatable bonds is 6. The minimum atomic E-state index is -0.641. The normalized spacial score (nSPS) is 23.1. The zero-order chi connectivity index (χ0) is 13.8. The third kappa shape index (κ3) is 2.66. The van der Waals surface area contributed by atoms with Crippen LogP contribution in [0.1, 0.15) is 40.5 Å². The summed E-state index contributed by atoms with van der Waals surface area (Å²) < 4.78 is 0. The number of hydrogen-bond donors (Lipinski definition) is 1. The number of carbonyl (C=O) groups excluding carboxylic acids is 2. The Labute approximate surface area is 114 Å². The molecule has 1 aliphatic rings. The lowest BCUT2D eigenvalue weighted by atomic mass is 9.86. The van der Waals surface area contributed by atoms with Crippen molar-refractivity contribution in [3.05, 3.63) is 0 Å². The maximum atomic E-state index is 12.3. The summed E-state index contributed by atoms with van der Waals surface area (Å²) in [5.41, 5.74) is -0.641. The number of amides is 2. The van der Waals surface area contributed by atoms with E-state index >= 15 is 0 Å². The predicted octanol–water partition coefficient (Wildman–Crippen LogP) is 1.65. The van der Waals surface area contributed by atoms with E-state index in [4.69, 9.17) is 0 Å². The molecule has 0 aromatic carbocycles. The van der Waals surface area contributed by atoms with Crippen molar-refractivity contribution in [2.75, 3.05) is 18.1 Å². The quantitative estimate of drug-likeness (QED) is 0.748. The molecule has 1 unspecified atom stereocenters. The third-order valence-electron chi connectivity index (χ3n) is 3.76. The molecule has 0 radical (unpaired) electrons. The smallest absolute Gasteiger partial charge is 0.246 e. The van der Waals surface area contributed by atoms with Crippen molar-refractivity contribution in [1.29, 1.82) is 0 Å². The number of nitrogens with one attached hydrogen (secondary N) is 1. The standard InChI is InChI=1S/C13H24N2O2S/c1-5-13(6-2)12(17)14-10(4)11(16)15(13)8-9-18-7-3/h10H,5-9H2,1-4H3,(H,14,17). The highest BCUT2D eigenvalue weighted by Gasteiger charge is 2.48. The SMILES string of the molecule is CCSCCN1C(=O)C(C)NC(=O)C1(CC)CC. The molecule has 0 aliphatic carbocycles. The van der Waals surface area contributed by atoms with E-state index in [0.717, 1.165) is 11.5 Å². The molecule has 0 aromatic heterocycles. The number of thioether (sulfide) groups is 1. The second-order valence-electron chi connectivity index (χ2n) is 4.62. The molecule has 1 rings (SSSR count). The second kappa shape index (κ2) is 6.45. The molecule has 1 heterocycles. The molecule has 2 amide bonds. The van der Waals surface area contributed by atoms with Gasteiger partial charge >= 0.3 is 0 Å². The molecule has 0 saturated carbocycles. The lowest BCUT2D eigenvalue weighted by molar-refractivity contribution is -0.157.